The number of halogens is 1. The van der Waals surface area contributed by atoms with Gasteiger partial charge >= 0.3 is 6.03 Å². The largest absolute Gasteiger partial charge is 0.329 e. The number of benzene rings is 1. The predicted molar refractivity (Wildman–Crippen MR) is 86.4 cm³/mol. The van der Waals surface area contributed by atoms with Crippen LogP contribution in [0.15, 0.2) is 54.1 Å². The van der Waals surface area contributed by atoms with Crippen molar-refractivity contribution in [2.24, 2.45) is 5.92 Å². The summed E-state index contributed by atoms with van der Waals surface area (Å²) >= 11 is 1.43. The first-order chi connectivity index (χ1) is 11.1. The van der Waals surface area contributed by atoms with Crippen molar-refractivity contribution < 1.29 is 14.0 Å². The molecule has 1 fully saturated rings. The number of hydrogen-bond donors (Lipinski definition) is 3. The second kappa shape index (κ2) is 6.21. The molecule has 1 aromatic heterocycles. The molecule has 7 heteroatoms. The molecule has 0 spiro atoms. The topological polar surface area (TPSA) is 70.2 Å². The molecule has 2 heterocycles. The average molecular weight is 331 g/mol. The van der Waals surface area contributed by atoms with Gasteiger partial charge in [-0.05, 0) is 23.6 Å². The lowest BCUT2D eigenvalue weighted by molar-refractivity contribution is -0.119. The number of anilines is 1. The highest BCUT2D eigenvalue weighted by molar-refractivity contribution is 7.10. The summed E-state index contributed by atoms with van der Waals surface area (Å²) in [5, 5.41) is 9.65. The first kappa shape index (κ1) is 15.2. The van der Waals surface area contributed by atoms with Crippen LogP contribution in [0.2, 0.25) is 0 Å². The molecule has 1 saturated heterocycles. The van der Waals surface area contributed by atoms with Crippen LogP contribution in [0.5, 0.6) is 0 Å². The Labute approximate surface area is 136 Å². The van der Waals surface area contributed by atoms with E-state index in [0.717, 1.165) is 4.88 Å². The van der Waals surface area contributed by atoms with Crippen LogP contribution in [0.1, 0.15) is 10.9 Å². The Morgan fingerprint density at radius 1 is 1.26 bits per heavy atom. The summed E-state index contributed by atoms with van der Waals surface area (Å²) in [6, 6.07) is 8.63. The lowest BCUT2D eigenvalue weighted by atomic mass is 9.92. The number of para-hydroxylation sites is 1. The van der Waals surface area contributed by atoms with Crippen LogP contribution < -0.4 is 16.0 Å². The van der Waals surface area contributed by atoms with Crippen LogP contribution in [-0.2, 0) is 4.79 Å². The molecule has 3 N–H and O–H groups in total. The Kier molecular flexibility index (Phi) is 4.12. The molecular weight excluding hydrogens is 317 g/mol. The number of rotatable bonds is 3. The van der Waals surface area contributed by atoms with E-state index in [0.29, 0.717) is 0 Å². The van der Waals surface area contributed by atoms with Crippen molar-refractivity contribution in [3.8, 4) is 0 Å². The molecule has 1 aliphatic heterocycles. The smallest absolute Gasteiger partial charge is 0.319 e. The van der Waals surface area contributed by atoms with Crippen molar-refractivity contribution in [1.29, 1.82) is 0 Å². The Hall–Kier alpha value is -2.67. The van der Waals surface area contributed by atoms with Gasteiger partial charge in [0.2, 0.25) is 5.91 Å². The van der Waals surface area contributed by atoms with Gasteiger partial charge in [0.1, 0.15) is 11.7 Å². The second-order valence-electron chi connectivity index (χ2n) is 5.06. The summed E-state index contributed by atoms with van der Waals surface area (Å²) in [6.07, 6.45) is 0. The van der Waals surface area contributed by atoms with Crippen molar-refractivity contribution in [3.63, 3.8) is 0 Å². The molecule has 2 atom stereocenters. The summed E-state index contributed by atoms with van der Waals surface area (Å²) < 4.78 is 13.7. The molecule has 1 aliphatic rings. The molecule has 118 valence electrons. The molecule has 1 aromatic carbocycles. The van der Waals surface area contributed by atoms with Gasteiger partial charge in [0.15, 0.2) is 0 Å². The van der Waals surface area contributed by atoms with Crippen LogP contribution in [0.4, 0.5) is 14.9 Å². The molecule has 3 amide bonds. The molecule has 0 aliphatic carbocycles. The number of amides is 3. The van der Waals surface area contributed by atoms with Crippen LogP contribution in [-0.4, -0.2) is 11.9 Å². The van der Waals surface area contributed by atoms with E-state index in [1.54, 1.807) is 12.1 Å². The first-order valence-corrected chi connectivity index (χ1v) is 7.79. The number of carbonyl (C=O) groups excluding carboxylic acids is 2. The van der Waals surface area contributed by atoms with Crippen LogP contribution >= 0.6 is 11.3 Å². The minimum Gasteiger partial charge on any atom is -0.329 e. The minimum atomic E-state index is -0.744. The summed E-state index contributed by atoms with van der Waals surface area (Å²) in [6.45, 7) is 3.77. The number of urea groups is 1. The van der Waals surface area contributed by atoms with Crippen LogP contribution in [0.3, 0.4) is 0 Å². The summed E-state index contributed by atoms with van der Waals surface area (Å²) in [7, 11) is 0. The van der Waals surface area contributed by atoms with Gasteiger partial charge in [-0.2, -0.15) is 0 Å². The van der Waals surface area contributed by atoms with Crippen LogP contribution in [0, 0.1) is 11.7 Å². The predicted octanol–water partition coefficient (Wildman–Crippen LogP) is 3.01. The molecule has 5 nitrogen and oxygen atoms in total. The summed E-state index contributed by atoms with van der Waals surface area (Å²) in [5.41, 5.74) is 0.369. The Morgan fingerprint density at radius 3 is 2.74 bits per heavy atom. The van der Waals surface area contributed by atoms with Gasteiger partial charge in [-0.3, -0.25) is 4.79 Å². The molecule has 3 rings (SSSR count). The summed E-state index contributed by atoms with van der Waals surface area (Å²) in [5.74, 6) is -1.70. The van der Waals surface area contributed by atoms with Crippen molar-refractivity contribution in [3.05, 3.63) is 64.7 Å². The van der Waals surface area contributed by atoms with Gasteiger partial charge in [-0.1, -0.05) is 24.8 Å². The normalized spacial score (nSPS) is 20.6. The second-order valence-corrected chi connectivity index (χ2v) is 6.04. The Bertz CT molecular complexity index is 760. The van der Waals surface area contributed by atoms with E-state index in [4.69, 9.17) is 0 Å². The first-order valence-electron chi connectivity index (χ1n) is 6.91. The third-order valence-corrected chi connectivity index (χ3v) is 4.49. The fourth-order valence-electron chi connectivity index (χ4n) is 2.47. The van der Waals surface area contributed by atoms with Gasteiger partial charge in [-0.15, -0.1) is 11.3 Å². The minimum absolute atomic E-state index is 0.0899. The van der Waals surface area contributed by atoms with Crippen molar-refractivity contribution in [2.75, 3.05) is 5.32 Å². The van der Waals surface area contributed by atoms with E-state index in [1.807, 2.05) is 17.5 Å². The highest BCUT2D eigenvalue weighted by atomic mass is 32.1. The molecule has 0 unspecified atom stereocenters. The molecule has 0 bridgehead atoms. The Balaban J connectivity index is 1.88. The summed E-state index contributed by atoms with van der Waals surface area (Å²) in [4.78, 5) is 25.1. The van der Waals surface area contributed by atoms with E-state index in [2.05, 4.69) is 22.5 Å². The zero-order valence-electron chi connectivity index (χ0n) is 12.0. The quantitative estimate of drug-likeness (QED) is 0.809. The molecular formula is C16H14FN3O2S. The average Bonchev–Trinajstić information content (AvgIpc) is 3.03. The third-order valence-electron chi connectivity index (χ3n) is 3.53. The van der Waals surface area contributed by atoms with Crippen LogP contribution in [0.25, 0.3) is 0 Å². The van der Waals surface area contributed by atoms with Gasteiger partial charge in [0, 0.05) is 10.6 Å². The highest BCUT2D eigenvalue weighted by Crippen LogP contribution is 2.33. The van der Waals surface area contributed by atoms with Gasteiger partial charge < -0.3 is 16.0 Å². The zero-order chi connectivity index (χ0) is 16.4. The third kappa shape index (κ3) is 3.09. The zero-order valence-corrected chi connectivity index (χ0v) is 12.8. The molecule has 0 saturated carbocycles. The number of nitrogens with one attached hydrogen (secondary N) is 3. The van der Waals surface area contributed by atoms with Gasteiger partial charge in [0.25, 0.3) is 0 Å². The maximum Gasteiger partial charge on any atom is 0.319 e. The number of carbonyl (C=O) groups is 2. The molecule has 23 heavy (non-hydrogen) atoms. The van der Waals surface area contributed by atoms with E-state index in [-0.39, 0.29) is 11.4 Å². The van der Waals surface area contributed by atoms with E-state index >= 15 is 0 Å². The highest BCUT2D eigenvalue weighted by Gasteiger charge is 2.38. The number of thiophene rings is 1. The molecule has 2 aromatic rings. The lowest BCUT2D eigenvalue weighted by Gasteiger charge is -2.33. The standard InChI is InChI=1S/C16H14FN3O2S/c1-9-13(15(21)19-11-6-3-2-5-10(11)17)14(20-16(22)18-9)12-7-4-8-23-12/h2-8,13-14H,1H2,(H,19,21)(H2,18,20,22)/t13-,14+/m1/s1. The van der Waals surface area contributed by atoms with Gasteiger partial charge in [0.05, 0.1) is 11.7 Å². The molecule has 0 radical (unpaired) electrons. The Morgan fingerprint density at radius 2 is 2.04 bits per heavy atom. The van der Waals surface area contributed by atoms with Gasteiger partial charge in [-0.25, -0.2) is 9.18 Å². The van der Waals surface area contributed by atoms with Crippen molar-refractivity contribution in [2.45, 2.75) is 6.04 Å². The lowest BCUT2D eigenvalue weighted by Crippen LogP contribution is -2.51. The van der Waals surface area contributed by atoms with Crippen molar-refractivity contribution >= 4 is 29.0 Å². The SMILES string of the molecule is C=C1NC(=O)N[C@@H](c2cccs2)[C@@H]1C(=O)Nc1ccccc1F. The maximum absolute atomic E-state index is 13.7. The maximum atomic E-state index is 13.7. The fourth-order valence-corrected chi connectivity index (χ4v) is 3.28. The monoisotopic (exact) mass is 331 g/mol. The fraction of sp³-hybridized carbons (Fsp3) is 0.125. The van der Waals surface area contributed by atoms with Crippen molar-refractivity contribution in [1.82, 2.24) is 10.6 Å². The van der Waals surface area contributed by atoms with E-state index in [1.165, 1.54) is 23.5 Å². The van der Waals surface area contributed by atoms with E-state index < -0.39 is 29.7 Å². The number of hydrogen-bond acceptors (Lipinski definition) is 3. The van der Waals surface area contributed by atoms with E-state index in [9.17, 15) is 14.0 Å².